The number of hydrogen-bond donors (Lipinski definition) is 2. The first-order valence-corrected chi connectivity index (χ1v) is 5.48. The smallest absolute Gasteiger partial charge is 0.0897 e. The molecule has 1 aromatic rings. The van der Waals surface area contributed by atoms with Gasteiger partial charge in [0.2, 0.25) is 0 Å². The van der Waals surface area contributed by atoms with E-state index in [9.17, 15) is 0 Å². The van der Waals surface area contributed by atoms with Crippen LogP contribution in [0.25, 0.3) is 0 Å². The zero-order chi connectivity index (χ0) is 9.26. The Morgan fingerprint density at radius 1 is 1.77 bits per heavy atom. The summed E-state index contributed by atoms with van der Waals surface area (Å²) in [6.45, 7) is 3.90. The second-order valence-corrected chi connectivity index (χ2v) is 4.76. The fourth-order valence-corrected chi connectivity index (χ4v) is 2.82. The van der Waals surface area contributed by atoms with Gasteiger partial charge in [0.25, 0.3) is 0 Å². The molecule has 1 aliphatic rings. The van der Waals surface area contributed by atoms with Crippen LogP contribution in [0.4, 0.5) is 0 Å². The van der Waals surface area contributed by atoms with Crippen LogP contribution in [0.1, 0.15) is 22.3 Å². The van der Waals surface area contributed by atoms with E-state index in [4.69, 9.17) is 5.73 Å². The molecule has 4 heteroatoms. The number of nitrogens with zero attached hydrogens (tertiary/aromatic N) is 1. The number of nitrogens with two attached hydrogens (primary N) is 1. The van der Waals surface area contributed by atoms with E-state index in [0.29, 0.717) is 12.0 Å². The van der Waals surface area contributed by atoms with Crippen LogP contribution < -0.4 is 11.1 Å². The molecular formula is C9H15N3S. The average Bonchev–Trinajstić information content (AvgIpc) is 2.71. The van der Waals surface area contributed by atoms with Crippen LogP contribution in [-0.4, -0.2) is 18.1 Å². The van der Waals surface area contributed by atoms with Gasteiger partial charge < -0.3 is 11.1 Å². The topological polar surface area (TPSA) is 50.9 Å². The summed E-state index contributed by atoms with van der Waals surface area (Å²) in [6.07, 6.45) is 3.17. The van der Waals surface area contributed by atoms with Gasteiger partial charge >= 0.3 is 0 Å². The molecule has 1 saturated heterocycles. The highest BCUT2D eigenvalue weighted by molar-refractivity contribution is 7.11. The predicted molar refractivity (Wildman–Crippen MR) is 54.8 cm³/mol. The zero-order valence-electron chi connectivity index (χ0n) is 7.79. The second-order valence-electron chi connectivity index (χ2n) is 3.50. The van der Waals surface area contributed by atoms with Gasteiger partial charge in [0.05, 0.1) is 5.01 Å². The van der Waals surface area contributed by atoms with Crippen molar-refractivity contribution in [2.45, 2.75) is 19.4 Å². The molecule has 0 aliphatic carbocycles. The number of aryl methyl sites for hydroxylation is 1. The van der Waals surface area contributed by atoms with E-state index in [1.165, 1.54) is 11.3 Å². The molecular weight excluding hydrogens is 182 g/mol. The van der Waals surface area contributed by atoms with Gasteiger partial charge in [-0.25, -0.2) is 4.98 Å². The highest BCUT2D eigenvalue weighted by Crippen LogP contribution is 2.31. The molecule has 3 nitrogen and oxygen atoms in total. The summed E-state index contributed by atoms with van der Waals surface area (Å²) >= 11 is 1.77. The number of rotatable bonds is 2. The van der Waals surface area contributed by atoms with E-state index in [1.807, 2.05) is 13.1 Å². The maximum atomic E-state index is 5.71. The fraction of sp³-hybridized carbons (Fsp3) is 0.667. The van der Waals surface area contributed by atoms with Gasteiger partial charge in [-0.1, -0.05) is 0 Å². The van der Waals surface area contributed by atoms with Crippen molar-refractivity contribution in [2.24, 2.45) is 11.7 Å². The van der Waals surface area contributed by atoms with Crippen LogP contribution >= 0.6 is 11.3 Å². The lowest BCUT2D eigenvalue weighted by molar-refractivity contribution is 0.478. The van der Waals surface area contributed by atoms with Gasteiger partial charge in [-0.05, 0) is 32.4 Å². The molecule has 1 aliphatic heterocycles. The summed E-state index contributed by atoms with van der Waals surface area (Å²) < 4.78 is 0. The highest BCUT2D eigenvalue weighted by Gasteiger charge is 2.28. The molecule has 0 amide bonds. The fourth-order valence-electron chi connectivity index (χ4n) is 1.87. The first-order chi connectivity index (χ1) is 6.31. The lowest BCUT2D eigenvalue weighted by atomic mass is 10.0. The molecule has 3 N–H and O–H groups in total. The number of hydrogen-bond acceptors (Lipinski definition) is 4. The maximum absolute atomic E-state index is 5.71. The Morgan fingerprint density at radius 2 is 2.62 bits per heavy atom. The van der Waals surface area contributed by atoms with E-state index < -0.39 is 0 Å². The molecule has 0 saturated carbocycles. The molecule has 1 aromatic heterocycles. The summed E-state index contributed by atoms with van der Waals surface area (Å²) in [4.78, 5) is 5.61. The molecule has 2 atom stereocenters. The van der Waals surface area contributed by atoms with Crippen molar-refractivity contribution >= 4 is 11.3 Å². The van der Waals surface area contributed by atoms with Gasteiger partial charge in [-0.15, -0.1) is 11.3 Å². The molecule has 2 rings (SSSR count). The average molecular weight is 197 g/mol. The maximum Gasteiger partial charge on any atom is 0.0897 e. The van der Waals surface area contributed by atoms with E-state index in [0.717, 1.165) is 18.1 Å². The van der Waals surface area contributed by atoms with E-state index in [1.54, 1.807) is 11.3 Å². The summed E-state index contributed by atoms with van der Waals surface area (Å²) in [5.41, 5.74) is 5.71. The molecule has 0 radical (unpaired) electrons. The summed E-state index contributed by atoms with van der Waals surface area (Å²) in [6, 6.07) is 0.455. The van der Waals surface area contributed by atoms with Gasteiger partial charge in [-0.2, -0.15) is 0 Å². The molecule has 0 bridgehead atoms. The predicted octanol–water partition coefficient (Wildman–Crippen LogP) is 1.06. The third kappa shape index (κ3) is 1.75. The van der Waals surface area contributed by atoms with E-state index in [2.05, 4.69) is 10.3 Å². The van der Waals surface area contributed by atoms with Crippen LogP contribution in [0.15, 0.2) is 6.20 Å². The molecule has 13 heavy (non-hydrogen) atoms. The summed E-state index contributed by atoms with van der Waals surface area (Å²) in [7, 11) is 0. The minimum absolute atomic E-state index is 0.455. The van der Waals surface area contributed by atoms with E-state index >= 15 is 0 Å². The SMILES string of the molecule is Cc1ncc(C2NCCC2CN)s1. The monoisotopic (exact) mass is 197 g/mol. The Kier molecular flexibility index (Phi) is 2.62. The lowest BCUT2D eigenvalue weighted by Crippen LogP contribution is -2.22. The Balaban J connectivity index is 2.15. The number of aromatic nitrogens is 1. The summed E-state index contributed by atoms with van der Waals surface area (Å²) in [5.74, 6) is 0.597. The quantitative estimate of drug-likeness (QED) is 0.745. The van der Waals surface area contributed by atoms with Crippen molar-refractivity contribution in [1.82, 2.24) is 10.3 Å². The molecule has 0 aromatic carbocycles. The number of nitrogens with one attached hydrogen (secondary N) is 1. The van der Waals surface area contributed by atoms with Gasteiger partial charge in [0.1, 0.15) is 0 Å². The summed E-state index contributed by atoms with van der Waals surface area (Å²) in [5, 5.41) is 4.62. The van der Waals surface area contributed by atoms with Crippen LogP contribution in [-0.2, 0) is 0 Å². The Morgan fingerprint density at radius 3 is 3.23 bits per heavy atom. The van der Waals surface area contributed by atoms with Crippen molar-refractivity contribution in [2.75, 3.05) is 13.1 Å². The molecule has 2 heterocycles. The second kappa shape index (κ2) is 3.74. The van der Waals surface area contributed by atoms with Crippen LogP contribution in [0.3, 0.4) is 0 Å². The zero-order valence-corrected chi connectivity index (χ0v) is 8.60. The standard InChI is InChI=1S/C9H15N3S/c1-6-12-5-8(13-6)9-7(4-10)2-3-11-9/h5,7,9,11H,2-4,10H2,1H3. The highest BCUT2D eigenvalue weighted by atomic mass is 32.1. The van der Waals surface area contributed by atoms with Gasteiger partial charge in [0.15, 0.2) is 0 Å². The van der Waals surface area contributed by atoms with Crippen LogP contribution in [0, 0.1) is 12.8 Å². The largest absolute Gasteiger partial charge is 0.330 e. The number of thiazole rings is 1. The Bertz CT molecular complexity index is 284. The van der Waals surface area contributed by atoms with Crippen molar-refractivity contribution < 1.29 is 0 Å². The van der Waals surface area contributed by atoms with Crippen molar-refractivity contribution in [3.63, 3.8) is 0 Å². The van der Waals surface area contributed by atoms with Crippen molar-refractivity contribution in [3.8, 4) is 0 Å². The molecule has 0 spiro atoms. The lowest BCUT2D eigenvalue weighted by Gasteiger charge is -2.15. The molecule has 1 fully saturated rings. The third-order valence-electron chi connectivity index (χ3n) is 2.60. The van der Waals surface area contributed by atoms with E-state index in [-0.39, 0.29) is 0 Å². The van der Waals surface area contributed by atoms with Crippen molar-refractivity contribution in [1.29, 1.82) is 0 Å². The van der Waals surface area contributed by atoms with Crippen LogP contribution in [0.5, 0.6) is 0 Å². The Hall–Kier alpha value is -0.450. The van der Waals surface area contributed by atoms with Gasteiger partial charge in [-0.3, -0.25) is 0 Å². The Labute approximate surface area is 82.4 Å². The molecule has 2 unspecified atom stereocenters. The first-order valence-electron chi connectivity index (χ1n) is 4.67. The molecule has 72 valence electrons. The van der Waals surface area contributed by atoms with Gasteiger partial charge in [0, 0.05) is 17.1 Å². The van der Waals surface area contributed by atoms with Crippen molar-refractivity contribution in [3.05, 3.63) is 16.1 Å². The normalized spacial score (nSPS) is 28.2. The first kappa shape index (κ1) is 9.12. The third-order valence-corrected chi connectivity index (χ3v) is 3.60. The van der Waals surface area contributed by atoms with Crippen LogP contribution in [0.2, 0.25) is 0 Å². The minimum atomic E-state index is 0.455. The minimum Gasteiger partial charge on any atom is -0.330 e.